The standard InChI is InChI=1S/C18H29N3O5S/c1-13(2)20-18(23)19-11-10-14-8-9-16(17(12-22)26-14)21-27(24,25)15-6-4-3-5-7-15/h3-7,13-14,16-17,21-22H,8-12H2,1-2H3,(H2,19,20,23)/t14-,16-,17-/m1/s1. The number of amides is 2. The third kappa shape index (κ3) is 6.76. The number of hydrogen-bond acceptors (Lipinski definition) is 5. The van der Waals surface area contributed by atoms with Gasteiger partial charge < -0.3 is 20.5 Å². The van der Waals surface area contributed by atoms with E-state index in [0.717, 1.165) is 0 Å². The molecule has 0 bridgehead atoms. The molecule has 27 heavy (non-hydrogen) atoms. The van der Waals surface area contributed by atoms with E-state index >= 15 is 0 Å². The minimum Gasteiger partial charge on any atom is -0.394 e. The predicted octanol–water partition coefficient (Wildman–Crippen LogP) is 0.971. The second-order valence-electron chi connectivity index (χ2n) is 6.94. The number of aliphatic hydroxyl groups is 1. The highest BCUT2D eigenvalue weighted by molar-refractivity contribution is 7.89. The summed E-state index contributed by atoms with van der Waals surface area (Å²) in [5.74, 6) is 0. The first-order chi connectivity index (χ1) is 12.8. The fourth-order valence-corrected chi connectivity index (χ4v) is 4.33. The lowest BCUT2D eigenvalue weighted by Crippen LogP contribution is -2.51. The minimum atomic E-state index is -3.67. The lowest BCUT2D eigenvalue weighted by Gasteiger charge is -2.36. The van der Waals surface area contributed by atoms with Crippen molar-refractivity contribution in [3.63, 3.8) is 0 Å². The summed E-state index contributed by atoms with van der Waals surface area (Å²) in [6.07, 6.45) is 1.04. The van der Waals surface area contributed by atoms with Gasteiger partial charge in [0, 0.05) is 12.6 Å². The molecule has 0 spiro atoms. The van der Waals surface area contributed by atoms with Crippen LogP contribution >= 0.6 is 0 Å². The summed E-state index contributed by atoms with van der Waals surface area (Å²) in [7, 11) is -3.67. The van der Waals surface area contributed by atoms with E-state index in [-0.39, 0.29) is 29.7 Å². The monoisotopic (exact) mass is 399 g/mol. The van der Waals surface area contributed by atoms with Crippen LogP contribution in [0.3, 0.4) is 0 Å². The molecule has 1 saturated heterocycles. The molecular formula is C18H29N3O5S. The lowest BCUT2D eigenvalue weighted by molar-refractivity contribution is -0.0871. The largest absolute Gasteiger partial charge is 0.394 e. The Labute approximate surface area is 160 Å². The number of aliphatic hydroxyl groups excluding tert-OH is 1. The topological polar surface area (TPSA) is 117 Å². The molecular weight excluding hydrogens is 370 g/mol. The number of nitrogens with one attached hydrogen (secondary N) is 3. The first kappa shape index (κ1) is 21.6. The smallest absolute Gasteiger partial charge is 0.314 e. The Hall–Kier alpha value is -1.68. The molecule has 152 valence electrons. The molecule has 2 amide bonds. The third-order valence-electron chi connectivity index (χ3n) is 4.33. The van der Waals surface area contributed by atoms with E-state index in [2.05, 4.69) is 15.4 Å². The van der Waals surface area contributed by atoms with Crippen molar-refractivity contribution in [2.45, 2.75) is 62.3 Å². The van der Waals surface area contributed by atoms with Gasteiger partial charge in [-0.25, -0.2) is 17.9 Å². The fraction of sp³-hybridized carbons (Fsp3) is 0.611. The molecule has 0 saturated carbocycles. The molecule has 8 nitrogen and oxygen atoms in total. The normalized spacial score (nSPS) is 23.2. The van der Waals surface area contributed by atoms with E-state index in [1.807, 2.05) is 13.8 Å². The van der Waals surface area contributed by atoms with Gasteiger partial charge in [0.15, 0.2) is 0 Å². The molecule has 1 aliphatic rings. The third-order valence-corrected chi connectivity index (χ3v) is 5.83. The van der Waals surface area contributed by atoms with Crippen LogP contribution < -0.4 is 15.4 Å². The van der Waals surface area contributed by atoms with Crippen LogP contribution in [0.4, 0.5) is 4.79 Å². The summed E-state index contributed by atoms with van der Waals surface area (Å²) in [5, 5.41) is 15.1. The highest BCUT2D eigenvalue weighted by Gasteiger charge is 2.33. The first-order valence-corrected chi connectivity index (χ1v) is 10.7. The number of sulfonamides is 1. The van der Waals surface area contributed by atoms with E-state index in [0.29, 0.717) is 25.8 Å². The summed E-state index contributed by atoms with van der Waals surface area (Å²) < 4.78 is 33.4. The van der Waals surface area contributed by atoms with Gasteiger partial charge in [-0.1, -0.05) is 18.2 Å². The molecule has 1 aromatic carbocycles. The Morgan fingerprint density at radius 1 is 1.26 bits per heavy atom. The van der Waals surface area contributed by atoms with Crippen molar-refractivity contribution in [2.24, 2.45) is 0 Å². The van der Waals surface area contributed by atoms with Crippen molar-refractivity contribution in [1.82, 2.24) is 15.4 Å². The van der Waals surface area contributed by atoms with Crippen LogP contribution in [0.25, 0.3) is 0 Å². The van der Waals surface area contributed by atoms with Gasteiger partial charge in [-0.2, -0.15) is 0 Å². The quantitative estimate of drug-likeness (QED) is 0.520. The SMILES string of the molecule is CC(C)NC(=O)NCC[C@H]1CC[C@@H](NS(=O)(=O)c2ccccc2)[C@@H](CO)O1. The zero-order valence-electron chi connectivity index (χ0n) is 15.7. The van der Waals surface area contributed by atoms with Crippen LogP contribution in [0.1, 0.15) is 33.1 Å². The molecule has 9 heteroatoms. The van der Waals surface area contributed by atoms with Crippen LogP contribution in [0.5, 0.6) is 0 Å². The molecule has 4 N–H and O–H groups in total. The number of urea groups is 1. The number of ether oxygens (including phenoxy) is 1. The predicted molar refractivity (Wildman–Crippen MR) is 102 cm³/mol. The number of carbonyl (C=O) groups excluding carboxylic acids is 1. The fourth-order valence-electron chi connectivity index (χ4n) is 3.01. The lowest BCUT2D eigenvalue weighted by atomic mass is 9.98. The number of rotatable bonds is 8. The van der Waals surface area contributed by atoms with Crippen LogP contribution in [0.2, 0.25) is 0 Å². The van der Waals surface area contributed by atoms with Crippen LogP contribution in [-0.4, -0.2) is 57.0 Å². The molecule has 0 radical (unpaired) electrons. The maximum absolute atomic E-state index is 12.5. The molecule has 3 atom stereocenters. The van der Waals surface area contributed by atoms with Gasteiger partial charge in [-0.15, -0.1) is 0 Å². The van der Waals surface area contributed by atoms with Crippen LogP contribution in [-0.2, 0) is 14.8 Å². The van der Waals surface area contributed by atoms with Crippen molar-refractivity contribution < 1.29 is 23.1 Å². The summed E-state index contributed by atoms with van der Waals surface area (Å²) in [4.78, 5) is 11.8. The summed E-state index contributed by atoms with van der Waals surface area (Å²) in [5.41, 5.74) is 0. The Balaban J connectivity index is 1.85. The van der Waals surface area contributed by atoms with Crippen molar-refractivity contribution in [3.8, 4) is 0 Å². The van der Waals surface area contributed by atoms with Crippen molar-refractivity contribution in [2.75, 3.05) is 13.2 Å². The van der Waals surface area contributed by atoms with Gasteiger partial charge in [0.05, 0.1) is 29.8 Å². The van der Waals surface area contributed by atoms with E-state index in [1.165, 1.54) is 12.1 Å². The van der Waals surface area contributed by atoms with Crippen molar-refractivity contribution >= 4 is 16.1 Å². The molecule has 0 unspecified atom stereocenters. The highest BCUT2D eigenvalue weighted by Crippen LogP contribution is 2.23. The maximum Gasteiger partial charge on any atom is 0.314 e. The Morgan fingerprint density at radius 3 is 2.59 bits per heavy atom. The Kier molecular flexibility index (Phi) is 8.03. The summed E-state index contributed by atoms with van der Waals surface area (Å²) in [6.45, 7) is 3.93. The van der Waals surface area contributed by atoms with Crippen LogP contribution in [0, 0.1) is 0 Å². The maximum atomic E-state index is 12.5. The number of hydrogen-bond donors (Lipinski definition) is 4. The average Bonchev–Trinajstić information content (AvgIpc) is 2.62. The molecule has 2 rings (SSSR count). The number of carbonyl (C=O) groups is 1. The van der Waals surface area contributed by atoms with Gasteiger partial charge >= 0.3 is 6.03 Å². The van der Waals surface area contributed by atoms with E-state index in [1.54, 1.807) is 18.2 Å². The molecule has 0 aromatic heterocycles. The zero-order valence-corrected chi connectivity index (χ0v) is 16.5. The van der Waals surface area contributed by atoms with Gasteiger partial charge in [0.2, 0.25) is 10.0 Å². The summed E-state index contributed by atoms with van der Waals surface area (Å²) in [6, 6.07) is 7.46. The van der Waals surface area contributed by atoms with Crippen LogP contribution in [0.15, 0.2) is 35.2 Å². The van der Waals surface area contributed by atoms with Gasteiger partial charge in [0.25, 0.3) is 0 Å². The first-order valence-electron chi connectivity index (χ1n) is 9.20. The second-order valence-corrected chi connectivity index (χ2v) is 8.65. The average molecular weight is 400 g/mol. The Morgan fingerprint density at radius 2 is 1.96 bits per heavy atom. The second kappa shape index (κ2) is 10.0. The molecule has 0 aliphatic carbocycles. The Bertz CT molecular complexity index is 696. The van der Waals surface area contributed by atoms with Gasteiger partial charge in [-0.05, 0) is 45.2 Å². The van der Waals surface area contributed by atoms with E-state index in [9.17, 15) is 18.3 Å². The molecule has 1 fully saturated rings. The summed E-state index contributed by atoms with van der Waals surface area (Å²) >= 11 is 0. The number of benzene rings is 1. The van der Waals surface area contributed by atoms with Crippen molar-refractivity contribution in [3.05, 3.63) is 30.3 Å². The van der Waals surface area contributed by atoms with E-state index in [4.69, 9.17) is 4.74 Å². The van der Waals surface area contributed by atoms with E-state index < -0.39 is 22.2 Å². The van der Waals surface area contributed by atoms with Gasteiger partial charge in [-0.3, -0.25) is 0 Å². The van der Waals surface area contributed by atoms with Gasteiger partial charge in [0.1, 0.15) is 0 Å². The highest BCUT2D eigenvalue weighted by atomic mass is 32.2. The minimum absolute atomic E-state index is 0.0631. The molecule has 1 aliphatic heterocycles. The van der Waals surface area contributed by atoms with Crippen molar-refractivity contribution in [1.29, 1.82) is 0 Å². The zero-order chi connectivity index (χ0) is 19.9. The molecule has 1 heterocycles. The molecule has 1 aromatic rings.